The van der Waals surface area contributed by atoms with Crippen molar-refractivity contribution < 1.29 is 17.4 Å². The van der Waals surface area contributed by atoms with Crippen molar-refractivity contribution in [1.29, 1.82) is 0 Å². The van der Waals surface area contributed by atoms with Gasteiger partial charge in [-0.2, -0.15) is 0 Å². The maximum atomic E-state index is 3.12. The number of aromatic nitrogens is 1. The molecule has 1 nitrogen and oxygen atoms in total. The first-order chi connectivity index (χ1) is 3.93. The summed E-state index contributed by atoms with van der Waals surface area (Å²) in [5.41, 5.74) is 1.28. The second kappa shape index (κ2) is 4.33. The lowest BCUT2D eigenvalue weighted by Crippen LogP contribution is -3.00. The summed E-state index contributed by atoms with van der Waals surface area (Å²) in [4.78, 5) is 3.12. The molecule has 0 fully saturated rings. The van der Waals surface area contributed by atoms with Gasteiger partial charge < -0.3 is 12.4 Å². The largest absolute Gasteiger partial charge is 1.00 e. The first-order valence-electron chi connectivity index (χ1n) is 2.89. The fraction of sp³-hybridized carbons (Fsp3) is 0.286. The van der Waals surface area contributed by atoms with E-state index < -0.39 is 0 Å². The molecule has 50 valence electrons. The lowest BCUT2D eigenvalue weighted by Gasteiger charge is -1.81. The van der Waals surface area contributed by atoms with Gasteiger partial charge in [0.05, 0.1) is 0 Å². The molecule has 0 saturated heterocycles. The van der Waals surface area contributed by atoms with Crippen LogP contribution in [0.15, 0.2) is 24.4 Å². The van der Waals surface area contributed by atoms with Crippen molar-refractivity contribution in [2.75, 3.05) is 0 Å². The summed E-state index contributed by atoms with van der Waals surface area (Å²) < 4.78 is 0. The zero-order valence-corrected chi connectivity index (χ0v) is 6.15. The van der Waals surface area contributed by atoms with E-state index in [2.05, 4.69) is 18.0 Å². The molecule has 2 heteroatoms. The number of rotatable bonds is 1. The van der Waals surface area contributed by atoms with Gasteiger partial charge >= 0.3 is 0 Å². The van der Waals surface area contributed by atoms with Crippen molar-refractivity contribution in [2.24, 2.45) is 0 Å². The molecule has 0 amide bonds. The highest BCUT2D eigenvalue weighted by atomic mass is 35.5. The van der Waals surface area contributed by atoms with Crippen LogP contribution in [0.4, 0.5) is 0 Å². The summed E-state index contributed by atoms with van der Waals surface area (Å²) in [6, 6.07) is 6.11. The van der Waals surface area contributed by atoms with Crippen LogP contribution in [0.2, 0.25) is 0 Å². The molecule has 1 aromatic rings. The van der Waals surface area contributed by atoms with E-state index in [4.69, 9.17) is 0 Å². The van der Waals surface area contributed by atoms with Gasteiger partial charge in [-0.05, 0) is 0 Å². The summed E-state index contributed by atoms with van der Waals surface area (Å²) in [7, 11) is 0. The summed E-state index contributed by atoms with van der Waals surface area (Å²) in [6.45, 7) is 2.13. The lowest BCUT2D eigenvalue weighted by molar-refractivity contribution is -0.389. The molecule has 9 heavy (non-hydrogen) atoms. The summed E-state index contributed by atoms with van der Waals surface area (Å²) in [5.74, 6) is 0. The van der Waals surface area contributed by atoms with Crippen molar-refractivity contribution >= 4 is 0 Å². The van der Waals surface area contributed by atoms with E-state index in [0.717, 1.165) is 6.42 Å². The number of hydrogen-bond acceptors (Lipinski definition) is 0. The number of halogens is 1. The highest BCUT2D eigenvalue weighted by Gasteiger charge is 1.89. The molecule has 0 unspecified atom stereocenters. The van der Waals surface area contributed by atoms with Crippen LogP contribution in [0.3, 0.4) is 0 Å². The molecule has 1 heterocycles. The highest BCUT2D eigenvalue weighted by molar-refractivity contribution is 4.95. The second-order valence-corrected chi connectivity index (χ2v) is 1.74. The van der Waals surface area contributed by atoms with E-state index in [1.807, 2.05) is 18.3 Å². The third kappa shape index (κ3) is 2.47. The van der Waals surface area contributed by atoms with Crippen LogP contribution >= 0.6 is 0 Å². The molecular formula is C7H10ClN. The maximum absolute atomic E-state index is 3.12. The number of H-pyrrole nitrogens is 1. The third-order valence-corrected chi connectivity index (χ3v) is 1.15. The van der Waals surface area contributed by atoms with Gasteiger partial charge in [0.1, 0.15) is 0 Å². The minimum Gasteiger partial charge on any atom is -1.00 e. The van der Waals surface area contributed by atoms with Crippen molar-refractivity contribution in [3.8, 4) is 0 Å². The van der Waals surface area contributed by atoms with Gasteiger partial charge in [-0.25, -0.2) is 4.98 Å². The molecule has 0 aliphatic rings. The van der Waals surface area contributed by atoms with Crippen molar-refractivity contribution in [3.05, 3.63) is 30.1 Å². The van der Waals surface area contributed by atoms with E-state index in [9.17, 15) is 0 Å². The van der Waals surface area contributed by atoms with Crippen LogP contribution in [0, 0.1) is 0 Å². The highest BCUT2D eigenvalue weighted by Crippen LogP contribution is 1.86. The van der Waals surface area contributed by atoms with Gasteiger partial charge in [0, 0.05) is 18.6 Å². The zero-order valence-electron chi connectivity index (χ0n) is 5.39. The molecule has 0 bridgehead atoms. The Kier molecular flexibility index (Phi) is 4.06. The minimum atomic E-state index is 0. The van der Waals surface area contributed by atoms with Gasteiger partial charge in [-0.3, -0.25) is 0 Å². The maximum Gasteiger partial charge on any atom is 0.179 e. The fourth-order valence-corrected chi connectivity index (χ4v) is 0.650. The normalized spacial score (nSPS) is 8.11. The summed E-state index contributed by atoms with van der Waals surface area (Å²) in [6.07, 6.45) is 3.03. The number of pyridine rings is 1. The Morgan fingerprint density at radius 3 is 2.56 bits per heavy atom. The van der Waals surface area contributed by atoms with E-state index in [1.165, 1.54) is 5.69 Å². The Hall–Kier alpha value is -0.560. The predicted molar refractivity (Wildman–Crippen MR) is 32.4 cm³/mol. The second-order valence-electron chi connectivity index (χ2n) is 1.74. The van der Waals surface area contributed by atoms with Gasteiger partial charge in [-0.15, -0.1) is 0 Å². The molecule has 1 aromatic heterocycles. The number of aromatic amines is 1. The molecule has 0 radical (unpaired) electrons. The van der Waals surface area contributed by atoms with Crippen molar-refractivity contribution in [3.63, 3.8) is 0 Å². The van der Waals surface area contributed by atoms with Crippen LogP contribution in [0.25, 0.3) is 0 Å². The average Bonchev–Trinajstić information content (AvgIpc) is 1.90. The van der Waals surface area contributed by atoms with Gasteiger partial charge in [-0.1, -0.05) is 13.0 Å². The van der Waals surface area contributed by atoms with Crippen LogP contribution in [0.1, 0.15) is 12.6 Å². The average molecular weight is 144 g/mol. The summed E-state index contributed by atoms with van der Waals surface area (Å²) in [5, 5.41) is 0. The number of nitrogens with one attached hydrogen (secondary N) is 1. The lowest BCUT2D eigenvalue weighted by atomic mass is 10.3. The van der Waals surface area contributed by atoms with Crippen LogP contribution in [0.5, 0.6) is 0 Å². The number of hydrogen-bond donors (Lipinski definition) is 0. The van der Waals surface area contributed by atoms with Crippen molar-refractivity contribution in [1.82, 2.24) is 0 Å². The Balaban J connectivity index is 0.000000640. The molecule has 0 atom stereocenters. The zero-order chi connectivity index (χ0) is 5.82. The quantitative estimate of drug-likeness (QED) is 0.435. The van der Waals surface area contributed by atoms with Crippen LogP contribution in [-0.4, -0.2) is 0 Å². The molecule has 1 N–H and O–H groups in total. The smallest absolute Gasteiger partial charge is 0.179 e. The molecule has 0 aliphatic carbocycles. The van der Waals surface area contributed by atoms with Crippen LogP contribution in [-0.2, 0) is 6.42 Å². The SMILES string of the molecule is CCc1cccc[nH+]1.[Cl-]. The Morgan fingerprint density at radius 2 is 2.22 bits per heavy atom. The van der Waals surface area contributed by atoms with Gasteiger partial charge in [0.25, 0.3) is 0 Å². The molecule has 1 rings (SSSR count). The fourth-order valence-electron chi connectivity index (χ4n) is 0.650. The van der Waals surface area contributed by atoms with E-state index in [0.29, 0.717) is 0 Å². The topological polar surface area (TPSA) is 14.1 Å². The molecule has 0 saturated carbocycles. The first-order valence-corrected chi connectivity index (χ1v) is 2.89. The Bertz CT molecular complexity index is 150. The van der Waals surface area contributed by atoms with E-state index >= 15 is 0 Å². The number of aryl methyl sites for hydroxylation is 1. The third-order valence-electron chi connectivity index (χ3n) is 1.15. The van der Waals surface area contributed by atoms with Gasteiger partial charge in [0.2, 0.25) is 0 Å². The Labute approximate surface area is 61.5 Å². The molecule has 0 aromatic carbocycles. The molecular weight excluding hydrogens is 134 g/mol. The minimum absolute atomic E-state index is 0. The Morgan fingerprint density at radius 1 is 1.44 bits per heavy atom. The van der Waals surface area contributed by atoms with E-state index in [1.54, 1.807) is 0 Å². The molecule has 0 spiro atoms. The summed E-state index contributed by atoms with van der Waals surface area (Å²) >= 11 is 0. The molecule has 0 aliphatic heterocycles. The van der Waals surface area contributed by atoms with Gasteiger partial charge in [0.15, 0.2) is 11.9 Å². The van der Waals surface area contributed by atoms with E-state index in [-0.39, 0.29) is 12.4 Å². The first kappa shape index (κ1) is 8.44. The predicted octanol–water partition coefficient (Wildman–Crippen LogP) is -1.93. The standard InChI is InChI=1S/C7H9N.ClH/c1-2-7-5-3-4-6-8-7;/h3-6H,2H2,1H3;1H. The van der Waals surface area contributed by atoms with Crippen molar-refractivity contribution in [2.45, 2.75) is 13.3 Å². The monoisotopic (exact) mass is 143 g/mol. The van der Waals surface area contributed by atoms with Crippen LogP contribution < -0.4 is 17.4 Å².